The van der Waals surface area contributed by atoms with E-state index in [1.807, 2.05) is 13.8 Å². The van der Waals surface area contributed by atoms with E-state index < -0.39 is 11.8 Å². The van der Waals surface area contributed by atoms with Crippen LogP contribution in [0.4, 0.5) is 4.79 Å². The van der Waals surface area contributed by atoms with Crippen molar-refractivity contribution in [3.63, 3.8) is 0 Å². The van der Waals surface area contributed by atoms with Crippen molar-refractivity contribution in [2.45, 2.75) is 40.2 Å². The molecule has 0 saturated carbocycles. The Hall–Kier alpha value is -0.810. The molecule has 0 amide bonds. The Morgan fingerprint density at radius 1 is 1.36 bits per heavy atom. The Balaban J connectivity index is 0. The minimum atomic E-state index is -1.20. The second kappa shape index (κ2) is 7.58. The summed E-state index contributed by atoms with van der Waals surface area (Å²) in [6, 6.07) is 0. The van der Waals surface area contributed by atoms with Crippen molar-refractivity contribution < 1.29 is 24.8 Å². The lowest BCUT2D eigenvalue weighted by Gasteiger charge is -2.10. The van der Waals surface area contributed by atoms with E-state index in [4.69, 9.17) is 10.4 Å². The third kappa shape index (κ3) is 22.5. The number of carboxylic acid groups (broad SMARTS) is 1. The highest BCUT2D eigenvalue weighted by Gasteiger charge is 2.07. The highest BCUT2D eigenvalue weighted by atomic mass is 17.1. The number of hydrogen-bond acceptors (Lipinski definition) is 4. The van der Waals surface area contributed by atoms with Crippen molar-refractivity contribution in [2.75, 3.05) is 6.61 Å². The topological polar surface area (TPSA) is 76.0 Å². The van der Waals surface area contributed by atoms with E-state index in [0.29, 0.717) is 0 Å². The number of hydrogen-bond donors (Lipinski definition) is 2. The molecule has 0 atom stereocenters. The third-order valence-electron chi connectivity index (χ3n) is 0.814. The Bertz CT molecular complexity index is 148. The van der Waals surface area contributed by atoms with Gasteiger partial charge < -0.3 is 9.84 Å². The van der Waals surface area contributed by atoms with Crippen LogP contribution >= 0.6 is 0 Å². The Morgan fingerprint density at radius 3 is 1.79 bits per heavy atom. The minimum absolute atomic E-state index is 0.283. The molecule has 0 bridgehead atoms. The van der Waals surface area contributed by atoms with E-state index in [1.54, 1.807) is 20.8 Å². The van der Waals surface area contributed by atoms with Crippen LogP contribution in [0.3, 0.4) is 0 Å². The minimum Gasteiger partial charge on any atom is -0.450 e. The first-order valence-electron chi connectivity index (χ1n) is 4.37. The van der Waals surface area contributed by atoms with E-state index in [9.17, 15) is 4.79 Å². The molecule has 5 nitrogen and oxygen atoms in total. The van der Waals surface area contributed by atoms with Crippen molar-refractivity contribution in [2.24, 2.45) is 5.92 Å². The van der Waals surface area contributed by atoms with E-state index in [0.717, 1.165) is 0 Å². The Morgan fingerprint density at radius 2 is 1.71 bits per heavy atom. The van der Waals surface area contributed by atoms with Crippen LogP contribution in [0.25, 0.3) is 0 Å². The summed E-state index contributed by atoms with van der Waals surface area (Å²) in [5, 5.41) is 15.8. The van der Waals surface area contributed by atoms with Gasteiger partial charge in [0, 0.05) is 0 Å². The molecule has 0 fully saturated rings. The van der Waals surface area contributed by atoms with Crippen LogP contribution in [-0.4, -0.2) is 28.7 Å². The lowest BCUT2D eigenvalue weighted by molar-refractivity contribution is -0.306. The van der Waals surface area contributed by atoms with Gasteiger partial charge in [0.15, 0.2) is 0 Å². The summed E-state index contributed by atoms with van der Waals surface area (Å²) in [5.41, 5.74) is -0.403. The molecule has 0 spiro atoms. The van der Waals surface area contributed by atoms with Crippen molar-refractivity contribution in [3.8, 4) is 0 Å². The van der Waals surface area contributed by atoms with E-state index in [1.165, 1.54) is 0 Å². The van der Waals surface area contributed by atoms with Gasteiger partial charge in [-0.25, -0.2) is 9.68 Å². The lowest BCUT2D eigenvalue weighted by Crippen LogP contribution is -2.15. The first-order valence-corrected chi connectivity index (χ1v) is 4.37. The maximum atomic E-state index is 9.68. The molecular formula is C9H20O5. The van der Waals surface area contributed by atoms with Crippen LogP contribution < -0.4 is 0 Å². The average molecular weight is 208 g/mol. The van der Waals surface area contributed by atoms with E-state index in [-0.39, 0.29) is 12.5 Å². The standard InChI is InChI=1S/C5H10O3.C4H10O2/c1-4(2)3-8-5(6)7;1-4(2,3)6-5/h4H,3H2,1-2H3,(H,6,7);5H,1-3H3. The second-order valence-corrected chi connectivity index (χ2v) is 4.17. The highest BCUT2D eigenvalue weighted by Crippen LogP contribution is 2.01. The summed E-state index contributed by atoms with van der Waals surface area (Å²) in [5.74, 6) is 0.283. The van der Waals surface area contributed by atoms with Gasteiger partial charge in [-0.05, 0) is 26.7 Å². The lowest BCUT2D eigenvalue weighted by atomic mass is 10.2. The van der Waals surface area contributed by atoms with E-state index >= 15 is 0 Å². The largest absolute Gasteiger partial charge is 0.505 e. The zero-order valence-corrected chi connectivity index (χ0v) is 9.40. The summed E-state index contributed by atoms with van der Waals surface area (Å²) >= 11 is 0. The van der Waals surface area contributed by atoms with Crippen LogP contribution in [0.2, 0.25) is 0 Å². The zero-order chi connectivity index (χ0) is 11.8. The second-order valence-electron chi connectivity index (χ2n) is 4.17. The molecule has 0 aliphatic rings. The van der Waals surface area contributed by atoms with Crippen LogP contribution in [0, 0.1) is 5.92 Å². The monoisotopic (exact) mass is 208 g/mol. The average Bonchev–Trinajstić information content (AvgIpc) is 2.01. The summed E-state index contributed by atoms with van der Waals surface area (Å²) in [4.78, 5) is 13.6. The molecule has 5 heteroatoms. The van der Waals surface area contributed by atoms with Gasteiger partial charge in [0.25, 0.3) is 0 Å². The van der Waals surface area contributed by atoms with Crippen molar-refractivity contribution in [1.29, 1.82) is 0 Å². The number of ether oxygens (including phenoxy) is 1. The van der Waals surface area contributed by atoms with Crippen LogP contribution in [0.1, 0.15) is 34.6 Å². The normalized spacial score (nSPS) is 10.5. The van der Waals surface area contributed by atoms with E-state index in [2.05, 4.69) is 9.62 Å². The molecule has 0 aromatic heterocycles. The molecule has 0 aliphatic heterocycles. The summed E-state index contributed by atoms with van der Waals surface area (Å²) in [6.07, 6.45) is -1.20. The molecule has 14 heavy (non-hydrogen) atoms. The number of carbonyl (C=O) groups is 1. The first kappa shape index (κ1) is 15.7. The molecule has 0 unspecified atom stereocenters. The fourth-order valence-electron chi connectivity index (χ4n) is 0.238. The van der Waals surface area contributed by atoms with Gasteiger partial charge in [-0.1, -0.05) is 13.8 Å². The quantitative estimate of drug-likeness (QED) is 0.414. The summed E-state index contributed by atoms with van der Waals surface area (Å²) < 4.78 is 4.22. The van der Waals surface area contributed by atoms with Crippen molar-refractivity contribution in [1.82, 2.24) is 0 Å². The molecule has 0 radical (unpaired) electrons. The molecule has 0 aromatic carbocycles. The molecule has 0 saturated heterocycles. The predicted octanol–water partition coefficient (Wildman–Crippen LogP) is 2.61. The van der Waals surface area contributed by atoms with Crippen molar-refractivity contribution >= 4 is 6.16 Å². The highest BCUT2D eigenvalue weighted by molar-refractivity contribution is 5.56. The SMILES string of the molecule is CC(C)(C)OO.CC(C)COC(=O)O. The van der Waals surface area contributed by atoms with Crippen LogP contribution in [-0.2, 0) is 9.62 Å². The van der Waals surface area contributed by atoms with Crippen molar-refractivity contribution in [3.05, 3.63) is 0 Å². The Kier molecular flexibility index (Phi) is 8.48. The fraction of sp³-hybridized carbons (Fsp3) is 0.889. The molecular weight excluding hydrogens is 188 g/mol. The van der Waals surface area contributed by atoms with Gasteiger partial charge in [0.1, 0.15) is 0 Å². The smallest absolute Gasteiger partial charge is 0.450 e. The molecule has 86 valence electrons. The molecule has 0 aromatic rings. The molecule has 0 rings (SSSR count). The van der Waals surface area contributed by atoms with Gasteiger partial charge in [-0.2, -0.15) is 0 Å². The third-order valence-corrected chi connectivity index (χ3v) is 0.814. The maximum Gasteiger partial charge on any atom is 0.505 e. The van der Waals surface area contributed by atoms with Crippen LogP contribution in [0.15, 0.2) is 0 Å². The summed E-state index contributed by atoms with van der Waals surface area (Å²) in [6.45, 7) is 9.38. The molecule has 2 N–H and O–H groups in total. The Labute approximate surface area is 84.6 Å². The van der Waals surface area contributed by atoms with Crippen LogP contribution in [0.5, 0.6) is 0 Å². The van der Waals surface area contributed by atoms with Gasteiger partial charge in [-0.15, -0.1) is 0 Å². The predicted molar refractivity (Wildman–Crippen MR) is 52.3 cm³/mol. The van der Waals surface area contributed by atoms with Gasteiger partial charge in [0.2, 0.25) is 0 Å². The zero-order valence-electron chi connectivity index (χ0n) is 9.40. The number of rotatable bonds is 2. The summed E-state index contributed by atoms with van der Waals surface area (Å²) in [7, 11) is 0. The van der Waals surface area contributed by atoms with Gasteiger partial charge >= 0.3 is 6.16 Å². The fourth-order valence-corrected chi connectivity index (χ4v) is 0.238. The first-order chi connectivity index (χ1) is 6.19. The maximum absolute atomic E-state index is 9.68. The van der Waals surface area contributed by atoms with Gasteiger partial charge in [0.05, 0.1) is 12.2 Å². The molecule has 0 aliphatic carbocycles. The van der Waals surface area contributed by atoms with Gasteiger partial charge in [-0.3, -0.25) is 5.26 Å². The molecule has 0 heterocycles.